The van der Waals surface area contributed by atoms with Crippen molar-refractivity contribution < 1.29 is 4.79 Å². The summed E-state index contributed by atoms with van der Waals surface area (Å²) in [4.78, 5) is 18.1. The Bertz CT molecular complexity index is 481. The second-order valence-electron chi connectivity index (χ2n) is 5.84. The number of carbonyl (C=O) groups is 1. The van der Waals surface area contributed by atoms with Crippen LogP contribution in [0.2, 0.25) is 0 Å². The van der Waals surface area contributed by atoms with Crippen LogP contribution in [0.4, 0.5) is 5.82 Å². The Kier molecular flexibility index (Phi) is 3.87. The number of nitrogens with two attached hydrogens (primary N) is 1. The zero-order chi connectivity index (χ0) is 13.9. The molecule has 1 aromatic rings. The Balaban J connectivity index is 1.75. The smallest absolute Gasteiger partial charge is 0.248 e. The average Bonchev–Trinajstić information content (AvgIpc) is 3.30. The van der Waals surface area contributed by atoms with E-state index in [4.69, 9.17) is 5.73 Å². The van der Waals surface area contributed by atoms with Gasteiger partial charge in [-0.15, -0.1) is 0 Å². The van der Waals surface area contributed by atoms with Crippen molar-refractivity contribution in [1.82, 2.24) is 10.3 Å². The molecule has 108 valence electrons. The predicted octanol–water partition coefficient (Wildman–Crippen LogP) is 1.15. The van der Waals surface area contributed by atoms with Crippen molar-refractivity contribution >= 4 is 11.7 Å². The summed E-state index contributed by atoms with van der Waals surface area (Å²) in [6.07, 6.45) is 6.59. The van der Waals surface area contributed by atoms with Crippen LogP contribution in [0.25, 0.3) is 0 Å². The van der Waals surface area contributed by atoms with Crippen molar-refractivity contribution in [3.8, 4) is 0 Å². The van der Waals surface area contributed by atoms with Crippen molar-refractivity contribution in [1.29, 1.82) is 0 Å². The highest BCUT2D eigenvalue weighted by Crippen LogP contribution is 2.32. The number of carbonyl (C=O) groups excluding carboxylic acids is 1. The van der Waals surface area contributed by atoms with E-state index in [0.717, 1.165) is 31.4 Å². The van der Waals surface area contributed by atoms with Gasteiger partial charge in [0, 0.05) is 24.3 Å². The van der Waals surface area contributed by atoms with Gasteiger partial charge in [0.05, 0.1) is 0 Å². The van der Waals surface area contributed by atoms with Gasteiger partial charge in [-0.25, -0.2) is 4.98 Å². The maximum atomic E-state index is 11.3. The lowest BCUT2D eigenvalue weighted by molar-refractivity contribution is 0.1000. The summed E-state index contributed by atoms with van der Waals surface area (Å²) in [5, 5.41) is 3.40. The lowest BCUT2D eigenvalue weighted by atomic mass is 9.97. The van der Waals surface area contributed by atoms with Gasteiger partial charge in [-0.05, 0) is 56.8 Å². The first-order valence-corrected chi connectivity index (χ1v) is 7.47. The number of aromatic nitrogens is 1. The minimum absolute atomic E-state index is 0.383. The van der Waals surface area contributed by atoms with Gasteiger partial charge in [-0.3, -0.25) is 4.79 Å². The van der Waals surface area contributed by atoms with Crippen LogP contribution < -0.4 is 16.0 Å². The molecule has 2 heterocycles. The number of rotatable bonds is 5. The van der Waals surface area contributed by atoms with E-state index in [1.54, 1.807) is 12.3 Å². The van der Waals surface area contributed by atoms with Gasteiger partial charge in [-0.1, -0.05) is 0 Å². The average molecular weight is 274 g/mol. The van der Waals surface area contributed by atoms with Crippen LogP contribution in [0.3, 0.4) is 0 Å². The van der Waals surface area contributed by atoms with Crippen LogP contribution in [-0.2, 0) is 0 Å². The van der Waals surface area contributed by atoms with Crippen molar-refractivity contribution in [2.75, 3.05) is 24.5 Å². The maximum Gasteiger partial charge on any atom is 0.248 e. The van der Waals surface area contributed by atoms with Gasteiger partial charge < -0.3 is 16.0 Å². The highest BCUT2D eigenvalue weighted by atomic mass is 16.1. The highest BCUT2D eigenvalue weighted by molar-refractivity contribution is 5.93. The molecule has 20 heavy (non-hydrogen) atoms. The molecular formula is C15H22N4O. The van der Waals surface area contributed by atoms with Crippen LogP contribution in [0.15, 0.2) is 18.3 Å². The van der Waals surface area contributed by atoms with Crippen LogP contribution in [-0.4, -0.2) is 36.6 Å². The molecule has 1 aromatic heterocycles. The molecule has 0 aromatic carbocycles. The summed E-state index contributed by atoms with van der Waals surface area (Å²) in [6.45, 7) is 3.26. The molecule has 0 atom stereocenters. The van der Waals surface area contributed by atoms with E-state index in [1.807, 2.05) is 6.07 Å². The zero-order valence-electron chi connectivity index (χ0n) is 11.7. The largest absolute Gasteiger partial charge is 0.366 e. The van der Waals surface area contributed by atoms with E-state index >= 15 is 0 Å². The molecule has 5 nitrogen and oxygen atoms in total. The molecule has 1 aliphatic heterocycles. The Labute approximate surface area is 119 Å². The van der Waals surface area contributed by atoms with Gasteiger partial charge in [0.15, 0.2) is 0 Å². The van der Waals surface area contributed by atoms with E-state index in [-0.39, 0.29) is 5.91 Å². The second kappa shape index (κ2) is 5.79. The molecule has 1 saturated heterocycles. The standard InChI is InChI=1S/C15H22N4O/c16-15(20)12-5-8-18-14(9-12)19(13-1-2-13)10-11-3-6-17-7-4-11/h5,8-9,11,13,17H,1-4,6-7,10H2,(H2,16,20). The number of pyridine rings is 1. The predicted molar refractivity (Wildman–Crippen MR) is 78.7 cm³/mol. The molecule has 0 spiro atoms. The number of hydrogen-bond acceptors (Lipinski definition) is 4. The molecule has 1 aliphatic carbocycles. The van der Waals surface area contributed by atoms with Gasteiger partial charge >= 0.3 is 0 Å². The molecule has 1 saturated carbocycles. The number of nitrogens with one attached hydrogen (secondary N) is 1. The van der Waals surface area contributed by atoms with E-state index in [9.17, 15) is 4.79 Å². The Morgan fingerprint density at radius 2 is 2.10 bits per heavy atom. The Morgan fingerprint density at radius 1 is 1.35 bits per heavy atom. The normalized spacial score (nSPS) is 19.8. The number of hydrogen-bond donors (Lipinski definition) is 2. The van der Waals surface area contributed by atoms with E-state index in [0.29, 0.717) is 11.6 Å². The van der Waals surface area contributed by atoms with Crippen LogP contribution >= 0.6 is 0 Å². The monoisotopic (exact) mass is 274 g/mol. The van der Waals surface area contributed by atoms with Gasteiger partial charge in [0.1, 0.15) is 5.82 Å². The molecule has 2 fully saturated rings. The third kappa shape index (κ3) is 3.10. The highest BCUT2D eigenvalue weighted by Gasteiger charge is 2.32. The minimum atomic E-state index is -0.383. The quantitative estimate of drug-likeness (QED) is 0.845. The number of piperidine rings is 1. The molecule has 3 rings (SSSR count). The summed E-state index contributed by atoms with van der Waals surface area (Å²) in [5.74, 6) is 1.24. The van der Waals surface area contributed by atoms with E-state index in [1.165, 1.54) is 25.7 Å². The number of amides is 1. The second-order valence-corrected chi connectivity index (χ2v) is 5.84. The SMILES string of the molecule is NC(=O)c1ccnc(N(CC2CCNCC2)C2CC2)c1. The maximum absolute atomic E-state index is 11.3. The Hall–Kier alpha value is -1.62. The number of primary amides is 1. The fourth-order valence-corrected chi connectivity index (χ4v) is 2.89. The minimum Gasteiger partial charge on any atom is -0.366 e. The molecule has 0 radical (unpaired) electrons. The summed E-state index contributed by atoms with van der Waals surface area (Å²) >= 11 is 0. The molecule has 2 aliphatic rings. The van der Waals surface area contributed by atoms with Crippen LogP contribution in [0.1, 0.15) is 36.0 Å². The third-order valence-corrected chi connectivity index (χ3v) is 4.23. The zero-order valence-corrected chi connectivity index (χ0v) is 11.7. The summed E-state index contributed by atoms with van der Waals surface area (Å²) in [6, 6.07) is 4.11. The van der Waals surface area contributed by atoms with Gasteiger partial charge in [-0.2, -0.15) is 0 Å². The molecular weight excluding hydrogens is 252 g/mol. The van der Waals surface area contributed by atoms with E-state index in [2.05, 4.69) is 15.2 Å². The molecule has 1 amide bonds. The van der Waals surface area contributed by atoms with Crippen LogP contribution in [0.5, 0.6) is 0 Å². The molecule has 0 unspecified atom stereocenters. The molecule has 5 heteroatoms. The third-order valence-electron chi connectivity index (χ3n) is 4.23. The van der Waals surface area contributed by atoms with E-state index < -0.39 is 0 Å². The summed E-state index contributed by atoms with van der Waals surface area (Å²) in [7, 11) is 0. The molecule has 0 bridgehead atoms. The first-order valence-electron chi connectivity index (χ1n) is 7.47. The fourth-order valence-electron chi connectivity index (χ4n) is 2.89. The topological polar surface area (TPSA) is 71.2 Å². The van der Waals surface area contributed by atoms with Crippen molar-refractivity contribution in [2.45, 2.75) is 31.7 Å². The van der Waals surface area contributed by atoms with Gasteiger partial charge in [0.25, 0.3) is 0 Å². The lowest BCUT2D eigenvalue weighted by Gasteiger charge is -2.31. The molecule has 3 N–H and O–H groups in total. The van der Waals surface area contributed by atoms with Crippen molar-refractivity contribution in [3.63, 3.8) is 0 Å². The summed E-state index contributed by atoms with van der Waals surface area (Å²) < 4.78 is 0. The number of anilines is 1. The Morgan fingerprint density at radius 3 is 2.75 bits per heavy atom. The first-order chi connectivity index (χ1) is 9.74. The first kappa shape index (κ1) is 13.4. The summed E-state index contributed by atoms with van der Waals surface area (Å²) in [5.41, 5.74) is 5.91. The lowest BCUT2D eigenvalue weighted by Crippen LogP contribution is -2.37. The number of nitrogens with zero attached hydrogens (tertiary/aromatic N) is 2. The van der Waals surface area contributed by atoms with Crippen molar-refractivity contribution in [2.24, 2.45) is 11.7 Å². The van der Waals surface area contributed by atoms with Crippen molar-refractivity contribution in [3.05, 3.63) is 23.9 Å². The van der Waals surface area contributed by atoms with Crippen LogP contribution in [0, 0.1) is 5.92 Å². The fraction of sp³-hybridized carbons (Fsp3) is 0.600. The van der Waals surface area contributed by atoms with Gasteiger partial charge in [0.2, 0.25) is 5.91 Å².